The number of carbonyl (C=O) groups excluding carboxylic acids is 13. The molecule has 0 saturated heterocycles. The van der Waals surface area contributed by atoms with Crippen molar-refractivity contribution in [2.75, 3.05) is 0 Å². The van der Waals surface area contributed by atoms with E-state index in [0.717, 1.165) is 52.5 Å². The van der Waals surface area contributed by atoms with E-state index in [-0.39, 0.29) is 48.8 Å². The average Bonchev–Trinajstić information content (AvgIpc) is 1.65. The molecule has 2 aromatic carbocycles. The zero-order valence-electron chi connectivity index (χ0n) is 69.2. The first-order valence-corrected chi connectivity index (χ1v) is 39.2. The van der Waals surface area contributed by atoms with Crippen LogP contribution in [0.15, 0.2) is 85.0 Å². The van der Waals surface area contributed by atoms with Crippen molar-refractivity contribution in [2.45, 2.75) is 324 Å². The van der Waals surface area contributed by atoms with Crippen LogP contribution in [0.25, 0.3) is 0 Å². The van der Waals surface area contributed by atoms with Gasteiger partial charge in [0, 0.05) is 58.8 Å². The van der Waals surface area contributed by atoms with Crippen LogP contribution >= 0.6 is 0 Å². The van der Waals surface area contributed by atoms with Crippen molar-refractivity contribution in [3.05, 3.63) is 96.1 Å². The van der Waals surface area contributed by atoms with E-state index in [1.54, 1.807) is 13.8 Å². The molecule has 0 heterocycles. The average molecular weight is 1630 g/mol. The number of carboxylic acids is 1. The Morgan fingerprint density at radius 1 is 0.374 bits per heavy atom. The first-order chi connectivity index (χ1) is 54.1. The Bertz CT molecular complexity index is 3440. The standard InChI is InChI=1S/C41H58O14.C26H40O5.C17H24O12/c1-25(2)49-38(45)19-15-10-9-14-18-34-35(23-22-33(21-20-32-16-12-11-13-17-32)53-39(46)26(3)50-29(6)42)37(55-41(48)28(5)52-31(8)44)24-36(34)54-40(47)27(4)51-30(7)43;1-19(2)31-26(30)13-9-4-3-8-12-22-23(25(29)18-24(22)28)17-16-21(27)15-14-20-10-6-5-7-11-20;1-7(13(19)20)26-15(22)9(3)28-17(24)11(5)29-16(23)10(4)27-14(21)8(2)25-12(6)18/h9,11-14,16-17,25-28,33-37H,10,15,18-24H2,1-8H3;3,5-8,10-11,19,21-25,27-29H,4,9,12-18H2,1-2H3;7-11H,1-6H3,(H,19,20)/b14-9-;8-3-;/t26-,27-,28-,33?,34?,35?,36?,37?;;7-,8+,9-,10-,11-/m0.1/s1. The smallest absolute Gasteiger partial charge is 0.347 e. The van der Waals surface area contributed by atoms with E-state index >= 15 is 0 Å². The summed E-state index contributed by atoms with van der Waals surface area (Å²) in [7, 11) is 0. The summed E-state index contributed by atoms with van der Waals surface area (Å²) >= 11 is 0. The van der Waals surface area contributed by atoms with Crippen LogP contribution < -0.4 is 0 Å². The van der Waals surface area contributed by atoms with Crippen molar-refractivity contribution in [1.29, 1.82) is 0 Å². The van der Waals surface area contributed by atoms with Crippen LogP contribution in [0.3, 0.4) is 0 Å². The minimum atomic E-state index is -1.47. The highest BCUT2D eigenvalue weighted by Crippen LogP contribution is 2.43. The van der Waals surface area contributed by atoms with E-state index in [1.807, 2.05) is 80.6 Å². The van der Waals surface area contributed by atoms with Gasteiger partial charge in [0.1, 0.15) is 18.3 Å². The summed E-state index contributed by atoms with van der Waals surface area (Å²) in [6.45, 7) is 22.0. The fourth-order valence-electron chi connectivity index (χ4n) is 12.5. The molecule has 0 aliphatic heterocycles. The predicted octanol–water partition coefficient (Wildman–Crippen LogP) is 9.63. The number of esters is 13. The number of aryl methyl sites for hydroxylation is 2. The molecular weight excluding hydrogens is 1500 g/mol. The van der Waals surface area contributed by atoms with E-state index in [1.165, 1.54) is 61.0 Å². The first-order valence-electron chi connectivity index (χ1n) is 39.2. The van der Waals surface area contributed by atoms with Gasteiger partial charge in [-0.1, -0.05) is 85.0 Å². The van der Waals surface area contributed by atoms with Crippen molar-refractivity contribution >= 4 is 83.6 Å². The summed E-state index contributed by atoms with van der Waals surface area (Å²) in [6.07, 6.45) is 2.98. The first kappa shape index (κ1) is 101. The van der Waals surface area contributed by atoms with Crippen LogP contribution in [0.1, 0.15) is 225 Å². The summed E-state index contributed by atoms with van der Waals surface area (Å²) in [5, 5.41) is 39.9. The third kappa shape index (κ3) is 42.5. The number of carbonyl (C=O) groups is 14. The minimum Gasteiger partial charge on any atom is -0.479 e. The number of unbranched alkanes of at least 4 members (excludes halogenated alkanes) is 2. The van der Waals surface area contributed by atoms with Gasteiger partial charge in [0.2, 0.25) is 0 Å². The van der Waals surface area contributed by atoms with Crippen LogP contribution in [-0.2, 0) is 142 Å². The van der Waals surface area contributed by atoms with Crippen LogP contribution in [-0.4, -0.2) is 202 Å². The minimum absolute atomic E-state index is 0.00652. The van der Waals surface area contributed by atoms with Crippen LogP contribution in [0.5, 0.6) is 0 Å². The van der Waals surface area contributed by atoms with Gasteiger partial charge >= 0.3 is 83.6 Å². The maximum Gasteiger partial charge on any atom is 0.347 e. The summed E-state index contributed by atoms with van der Waals surface area (Å²) in [5.74, 6) is -11.9. The monoisotopic (exact) mass is 1630 g/mol. The molecule has 2 aromatic rings. The molecule has 10 unspecified atom stereocenters. The van der Waals surface area contributed by atoms with Gasteiger partial charge in [-0.05, 0) is 202 Å². The molecule has 2 aliphatic rings. The second-order valence-electron chi connectivity index (χ2n) is 29.1. The molecule has 31 nitrogen and oxygen atoms in total. The van der Waals surface area contributed by atoms with Crippen molar-refractivity contribution < 1.29 is 149 Å². The van der Waals surface area contributed by atoms with Crippen LogP contribution in [0.4, 0.5) is 0 Å². The molecule has 115 heavy (non-hydrogen) atoms. The van der Waals surface area contributed by atoms with Crippen LogP contribution in [0, 0.1) is 23.7 Å². The number of benzene rings is 2. The normalized spacial score (nSPS) is 20.2. The number of carboxylic acid groups (broad SMARTS) is 1. The Labute approximate surface area is 673 Å². The maximum absolute atomic E-state index is 13.2. The molecule has 31 heteroatoms. The number of ether oxygens (including phenoxy) is 13. The quantitative estimate of drug-likeness (QED) is 0.0207. The number of rotatable bonds is 45. The number of aliphatic hydroxyl groups excluding tert-OH is 3. The third-order valence-corrected chi connectivity index (χ3v) is 18.3. The molecule has 0 radical (unpaired) electrons. The zero-order chi connectivity index (χ0) is 86.6. The summed E-state index contributed by atoms with van der Waals surface area (Å²) in [5.41, 5.74) is 2.25. The van der Waals surface area contributed by atoms with E-state index in [2.05, 4.69) is 27.7 Å². The highest BCUT2D eigenvalue weighted by atomic mass is 16.7. The lowest BCUT2D eigenvalue weighted by atomic mass is 9.85. The number of hydrogen-bond donors (Lipinski definition) is 4. The molecule has 0 spiro atoms. The van der Waals surface area contributed by atoms with E-state index in [0.29, 0.717) is 83.5 Å². The van der Waals surface area contributed by atoms with Gasteiger partial charge in [0.05, 0.1) is 30.5 Å². The molecular formula is C84H122O31. The lowest BCUT2D eigenvalue weighted by molar-refractivity contribution is -0.186. The lowest BCUT2D eigenvalue weighted by Crippen LogP contribution is -2.38. The largest absolute Gasteiger partial charge is 0.479 e. The third-order valence-electron chi connectivity index (χ3n) is 18.3. The van der Waals surface area contributed by atoms with Crippen molar-refractivity contribution in [2.24, 2.45) is 23.7 Å². The fraction of sp³-hybridized carbons (Fsp3) is 0.643. The van der Waals surface area contributed by atoms with E-state index in [4.69, 9.17) is 57.2 Å². The molecule has 4 N–H and O–H groups in total. The summed E-state index contributed by atoms with van der Waals surface area (Å²) in [6, 6.07) is 19.8. The molecule has 2 saturated carbocycles. The molecule has 0 aromatic heterocycles. The van der Waals surface area contributed by atoms with Gasteiger partial charge in [-0.3, -0.25) is 28.8 Å². The topological polar surface area (TPSA) is 440 Å². The Morgan fingerprint density at radius 3 is 1.10 bits per heavy atom. The van der Waals surface area contributed by atoms with Crippen molar-refractivity contribution in [1.82, 2.24) is 0 Å². The van der Waals surface area contributed by atoms with Gasteiger partial charge in [0.25, 0.3) is 0 Å². The lowest BCUT2D eigenvalue weighted by Gasteiger charge is -2.28. The number of allylic oxidation sites excluding steroid dienone is 4. The molecule has 0 amide bonds. The number of hydrogen-bond acceptors (Lipinski definition) is 30. The molecule has 4 rings (SSSR count). The SMILES string of the molecule is CC(=O)O[C@@H](C)C(=O)OC(CCc1ccccc1)CCC1C(OC(=O)[C@H](C)OC(C)=O)CC(OC(=O)[C@H](C)OC(C)=O)C1C/C=C\CCCC(=O)OC(C)C.CC(=O)O[C@@H](C)C(=O)O[C@H](C)C(=O)O[C@H](C)C(=O)O[C@H](C)C(=O)O[C@H](C)C(=O)O.CC(C)OC(=O)CCC/C=C\CC1C(O)CC(O)C1CCC(O)CCc1ccccc1. The zero-order valence-corrected chi connectivity index (χ0v) is 69.2. The molecule has 2 aliphatic carbocycles. The molecule has 18 atom stereocenters. The maximum atomic E-state index is 13.2. The van der Waals surface area contributed by atoms with Gasteiger partial charge < -0.3 is 82.0 Å². The molecule has 0 bridgehead atoms. The number of aliphatic hydroxyl groups is 3. The Kier molecular flexibility index (Phi) is 47.9. The van der Waals surface area contributed by atoms with Gasteiger partial charge in [0.15, 0.2) is 48.8 Å². The molecule has 2 fully saturated rings. The van der Waals surface area contributed by atoms with E-state index in [9.17, 15) is 82.4 Å². The highest BCUT2D eigenvalue weighted by molar-refractivity contribution is 5.86. The van der Waals surface area contributed by atoms with Crippen LogP contribution in [0.2, 0.25) is 0 Å². The predicted molar refractivity (Wildman–Crippen MR) is 411 cm³/mol. The highest BCUT2D eigenvalue weighted by Gasteiger charge is 2.48. The second kappa shape index (κ2) is 54.3. The number of aliphatic carboxylic acids is 1. The summed E-state index contributed by atoms with van der Waals surface area (Å²) in [4.78, 5) is 166. The van der Waals surface area contributed by atoms with Gasteiger partial charge in [-0.15, -0.1) is 0 Å². The van der Waals surface area contributed by atoms with Gasteiger partial charge in [-0.25, -0.2) is 38.4 Å². The van der Waals surface area contributed by atoms with Gasteiger partial charge in [-0.2, -0.15) is 0 Å². The Balaban J connectivity index is 0.000000634. The Morgan fingerprint density at radius 2 is 0.713 bits per heavy atom. The second-order valence-corrected chi connectivity index (χ2v) is 29.1. The molecule has 644 valence electrons. The van der Waals surface area contributed by atoms with Crippen molar-refractivity contribution in [3.63, 3.8) is 0 Å². The Hall–Kier alpha value is -9.62. The fourth-order valence-corrected chi connectivity index (χ4v) is 12.5. The summed E-state index contributed by atoms with van der Waals surface area (Å²) < 4.78 is 66.7. The van der Waals surface area contributed by atoms with Crippen molar-refractivity contribution in [3.8, 4) is 0 Å². The van der Waals surface area contributed by atoms with E-state index < -0.39 is 169 Å².